The lowest BCUT2D eigenvalue weighted by Crippen LogP contribution is -2.08. The zero-order chi connectivity index (χ0) is 21.4. The number of anilines is 2. The van der Waals surface area contributed by atoms with Crippen LogP contribution in [0.25, 0.3) is 16.4 Å². The van der Waals surface area contributed by atoms with Crippen LogP contribution in [0.4, 0.5) is 15.9 Å². The van der Waals surface area contributed by atoms with Gasteiger partial charge >= 0.3 is 0 Å². The first-order chi connectivity index (χ1) is 15.1. The minimum Gasteiger partial charge on any atom is -0.482 e. The Morgan fingerprint density at radius 3 is 2.77 bits per heavy atom. The molecule has 8 nitrogen and oxygen atoms in total. The number of benzene rings is 1. The van der Waals surface area contributed by atoms with Crippen molar-refractivity contribution in [2.75, 3.05) is 5.32 Å². The first kappa shape index (κ1) is 19.3. The number of rotatable bonds is 5. The molecule has 0 spiro atoms. The van der Waals surface area contributed by atoms with Gasteiger partial charge in [-0.3, -0.25) is 0 Å². The van der Waals surface area contributed by atoms with Crippen LogP contribution in [0.15, 0.2) is 65.9 Å². The Bertz CT molecular complexity index is 1390. The molecule has 0 bridgehead atoms. The maximum Gasteiger partial charge on any atom is 0.172 e. The van der Waals surface area contributed by atoms with Gasteiger partial charge in [0.2, 0.25) is 0 Å². The van der Waals surface area contributed by atoms with E-state index in [1.807, 2.05) is 19.1 Å². The van der Waals surface area contributed by atoms with Gasteiger partial charge in [0.1, 0.15) is 23.4 Å². The van der Waals surface area contributed by atoms with Gasteiger partial charge in [-0.25, -0.2) is 28.8 Å². The second-order valence-corrected chi connectivity index (χ2v) is 7.63. The van der Waals surface area contributed by atoms with E-state index in [1.165, 1.54) is 10.8 Å². The fraction of sp³-hybridized carbons (Fsp3) is 0.0952. The number of nitrogens with one attached hydrogen (secondary N) is 1. The summed E-state index contributed by atoms with van der Waals surface area (Å²) in [7, 11) is 0. The molecule has 0 amide bonds. The van der Waals surface area contributed by atoms with Crippen molar-refractivity contribution in [3.8, 4) is 5.75 Å². The molecule has 10 heteroatoms. The van der Waals surface area contributed by atoms with Crippen molar-refractivity contribution in [2.24, 2.45) is 0 Å². The van der Waals surface area contributed by atoms with Gasteiger partial charge in [0, 0.05) is 23.1 Å². The molecule has 0 aliphatic rings. The molecule has 0 saturated carbocycles. The van der Waals surface area contributed by atoms with Crippen LogP contribution in [-0.4, -0.2) is 29.5 Å². The highest BCUT2D eigenvalue weighted by Crippen LogP contribution is 2.37. The zero-order valence-electron chi connectivity index (χ0n) is 16.2. The minimum absolute atomic E-state index is 0.265. The molecule has 0 saturated heterocycles. The first-order valence-electron chi connectivity index (χ1n) is 9.37. The number of halogens is 2. The number of pyridine rings is 1. The number of hydrogen-bond acceptors (Lipinski definition) is 7. The summed E-state index contributed by atoms with van der Waals surface area (Å²) in [5.74, 6) is 1.03. The van der Waals surface area contributed by atoms with E-state index in [-0.39, 0.29) is 5.69 Å². The minimum atomic E-state index is -0.433. The van der Waals surface area contributed by atoms with E-state index < -0.39 is 11.9 Å². The number of aromatic nitrogens is 6. The monoisotopic (exact) mass is 479 g/mol. The summed E-state index contributed by atoms with van der Waals surface area (Å²) in [5, 5.41) is 7.74. The van der Waals surface area contributed by atoms with Gasteiger partial charge in [-0.1, -0.05) is 15.9 Å². The Hall–Kier alpha value is -3.66. The van der Waals surface area contributed by atoms with Crippen LogP contribution in [0, 0.1) is 5.82 Å². The van der Waals surface area contributed by atoms with E-state index in [2.05, 4.69) is 46.3 Å². The summed E-state index contributed by atoms with van der Waals surface area (Å²) < 4.78 is 23.4. The Morgan fingerprint density at radius 1 is 1.10 bits per heavy atom. The molecule has 154 valence electrons. The first-order valence-corrected chi connectivity index (χ1v) is 10.2. The zero-order valence-corrected chi connectivity index (χ0v) is 17.8. The molecule has 0 aliphatic heterocycles. The molecule has 1 N–H and O–H groups in total. The van der Waals surface area contributed by atoms with Crippen molar-refractivity contribution in [1.82, 2.24) is 29.5 Å². The molecule has 5 rings (SSSR count). The van der Waals surface area contributed by atoms with E-state index in [9.17, 15) is 4.39 Å². The molecule has 1 atom stereocenters. The Labute approximate surface area is 184 Å². The van der Waals surface area contributed by atoms with Crippen LogP contribution in [0.3, 0.4) is 0 Å². The largest absolute Gasteiger partial charge is 0.482 e. The van der Waals surface area contributed by atoms with Crippen molar-refractivity contribution in [2.45, 2.75) is 13.0 Å². The highest BCUT2D eigenvalue weighted by Gasteiger charge is 2.18. The predicted octanol–water partition coefficient (Wildman–Crippen LogP) is 4.85. The summed E-state index contributed by atoms with van der Waals surface area (Å²) in [5.41, 5.74) is 1.26. The molecule has 4 heterocycles. The summed E-state index contributed by atoms with van der Waals surface area (Å²) in [6.07, 6.45) is 7.52. The van der Waals surface area contributed by atoms with Gasteiger partial charge in [0.25, 0.3) is 0 Å². The number of nitrogens with zero attached hydrogens (tertiary/aromatic N) is 6. The Morgan fingerprint density at radius 2 is 1.94 bits per heavy atom. The standard InChI is InChI=1S/C21H15BrFN7O/c1-12(20-24-5-2-6-25-20)31-17-10-13(22)9-15-18(17)21(27-11-26-15)29-14-4-8-30-16(19(14)23)3-7-28-30/h2-12H,1H3,(H,26,27,29)/t12-/m1/s1. The molecule has 1 aromatic carbocycles. The Balaban J connectivity index is 1.59. The summed E-state index contributed by atoms with van der Waals surface area (Å²) >= 11 is 3.49. The van der Waals surface area contributed by atoms with E-state index in [4.69, 9.17) is 4.74 Å². The molecule has 0 aliphatic carbocycles. The van der Waals surface area contributed by atoms with Gasteiger partial charge < -0.3 is 10.1 Å². The van der Waals surface area contributed by atoms with E-state index in [1.54, 1.807) is 43.0 Å². The maximum absolute atomic E-state index is 15.0. The molecular formula is C21H15BrFN7O. The van der Waals surface area contributed by atoms with Crippen molar-refractivity contribution in [3.63, 3.8) is 0 Å². The third-order valence-electron chi connectivity index (χ3n) is 4.69. The van der Waals surface area contributed by atoms with Gasteiger partial charge in [0.05, 0.1) is 22.8 Å². The van der Waals surface area contributed by atoms with Gasteiger partial charge in [-0.15, -0.1) is 0 Å². The van der Waals surface area contributed by atoms with Crippen LogP contribution in [-0.2, 0) is 0 Å². The topological polar surface area (TPSA) is 90.1 Å². The van der Waals surface area contributed by atoms with Crippen molar-refractivity contribution in [3.05, 3.63) is 77.6 Å². The number of fused-ring (bicyclic) bond motifs is 2. The lowest BCUT2D eigenvalue weighted by atomic mass is 10.2. The highest BCUT2D eigenvalue weighted by atomic mass is 79.9. The smallest absolute Gasteiger partial charge is 0.172 e. The predicted molar refractivity (Wildman–Crippen MR) is 117 cm³/mol. The van der Waals surface area contributed by atoms with Gasteiger partial charge in [-0.2, -0.15) is 5.10 Å². The molecule has 0 fully saturated rings. The average Bonchev–Trinajstić information content (AvgIpc) is 3.26. The lowest BCUT2D eigenvalue weighted by Gasteiger charge is -2.17. The molecule has 5 aromatic rings. The molecule has 0 unspecified atom stereocenters. The normalized spacial score (nSPS) is 12.2. The highest BCUT2D eigenvalue weighted by molar-refractivity contribution is 9.10. The van der Waals surface area contributed by atoms with Crippen molar-refractivity contribution >= 4 is 43.9 Å². The van der Waals surface area contributed by atoms with E-state index in [0.29, 0.717) is 33.8 Å². The molecule has 31 heavy (non-hydrogen) atoms. The SMILES string of the molecule is C[C@@H](Oc1cc(Br)cc2ncnc(Nc3ccn4nccc4c3F)c12)c1ncccn1. The Kier molecular flexibility index (Phi) is 4.91. The number of hydrogen-bond donors (Lipinski definition) is 1. The van der Waals surface area contributed by atoms with Crippen LogP contribution in [0.2, 0.25) is 0 Å². The molecule has 0 radical (unpaired) electrons. The maximum atomic E-state index is 15.0. The lowest BCUT2D eigenvalue weighted by molar-refractivity contribution is 0.219. The van der Waals surface area contributed by atoms with Gasteiger partial charge in [-0.05, 0) is 37.3 Å². The van der Waals surface area contributed by atoms with Crippen molar-refractivity contribution < 1.29 is 9.13 Å². The van der Waals surface area contributed by atoms with Crippen LogP contribution in [0.5, 0.6) is 5.75 Å². The summed E-state index contributed by atoms with van der Waals surface area (Å²) in [4.78, 5) is 17.2. The molecule has 4 aromatic heterocycles. The van der Waals surface area contributed by atoms with Crippen LogP contribution < -0.4 is 10.1 Å². The third kappa shape index (κ3) is 3.66. The van der Waals surface area contributed by atoms with E-state index in [0.717, 1.165) is 4.47 Å². The van der Waals surface area contributed by atoms with E-state index >= 15 is 0 Å². The third-order valence-corrected chi connectivity index (χ3v) is 5.14. The van der Waals surface area contributed by atoms with Crippen LogP contribution in [0.1, 0.15) is 18.9 Å². The fourth-order valence-electron chi connectivity index (χ4n) is 3.26. The van der Waals surface area contributed by atoms with Crippen LogP contribution >= 0.6 is 15.9 Å². The average molecular weight is 480 g/mol. The second kappa shape index (κ2) is 7.88. The van der Waals surface area contributed by atoms with Gasteiger partial charge in [0.15, 0.2) is 17.7 Å². The summed E-state index contributed by atoms with van der Waals surface area (Å²) in [6, 6.07) is 8.60. The fourth-order valence-corrected chi connectivity index (χ4v) is 3.68. The summed E-state index contributed by atoms with van der Waals surface area (Å²) in [6.45, 7) is 1.85. The van der Waals surface area contributed by atoms with Crippen molar-refractivity contribution in [1.29, 1.82) is 0 Å². The number of ether oxygens (including phenoxy) is 1. The molecular weight excluding hydrogens is 465 g/mol. The quantitative estimate of drug-likeness (QED) is 0.385. The second-order valence-electron chi connectivity index (χ2n) is 6.72.